The molecule has 5 rings (SSSR count). The molecule has 38 heavy (non-hydrogen) atoms. The lowest BCUT2D eigenvalue weighted by Gasteiger charge is -2.18. The molecule has 0 saturated carbocycles. The van der Waals surface area contributed by atoms with Crippen LogP contribution in [0.2, 0.25) is 0 Å². The first kappa shape index (κ1) is 24.8. The fourth-order valence-corrected chi connectivity index (χ4v) is 4.36. The molecule has 0 fully saturated rings. The summed E-state index contributed by atoms with van der Waals surface area (Å²) in [6, 6.07) is 12.8. The van der Waals surface area contributed by atoms with Crippen LogP contribution in [0.15, 0.2) is 59.7 Å². The van der Waals surface area contributed by atoms with E-state index in [9.17, 15) is 14.7 Å². The Balaban J connectivity index is 1.41. The molecule has 11 heteroatoms. The first-order chi connectivity index (χ1) is 18.5. The second-order valence-corrected chi connectivity index (χ2v) is 8.73. The fraction of sp³-hybridized carbons (Fsp3) is 0.222. The molecule has 1 unspecified atom stereocenters. The molecule has 2 aromatic carbocycles. The molecule has 11 nitrogen and oxygen atoms in total. The van der Waals surface area contributed by atoms with Crippen molar-refractivity contribution in [2.75, 3.05) is 20.8 Å². The number of imidazole rings is 1. The number of rotatable bonds is 8. The van der Waals surface area contributed by atoms with Gasteiger partial charge in [-0.05, 0) is 48.0 Å². The molecule has 1 amide bonds. The number of nitrogens with one attached hydrogen (secondary N) is 3. The molecular weight excluding hydrogens is 488 g/mol. The topological polar surface area (TPSA) is 151 Å². The van der Waals surface area contributed by atoms with Gasteiger partial charge in [0.25, 0.3) is 5.91 Å². The molecular formula is C27H26N6O5. The van der Waals surface area contributed by atoms with Crippen molar-refractivity contribution in [2.24, 2.45) is 4.99 Å². The van der Waals surface area contributed by atoms with Crippen molar-refractivity contribution in [3.8, 4) is 34.1 Å². The zero-order valence-electron chi connectivity index (χ0n) is 20.8. The summed E-state index contributed by atoms with van der Waals surface area (Å²) >= 11 is 0. The largest absolute Gasteiger partial charge is 0.507 e. The number of carbonyl (C=O) groups is 2. The monoisotopic (exact) mass is 514 g/mol. The Hall–Kier alpha value is -4.93. The Morgan fingerprint density at radius 2 is 2.03 bits per heavy atom. The zero-order chi connectivity index (χ0) is 26.6. The number of amides is 1. The number of aromatic nitrogens is 3. The third-order valence-electron chi connectivity index (χ3n) is 6.30. The van der Waals surface area contributed by atoms with E-state index in [1.54, 1.807) is 62.1 Å². The van der Waals surface area contributed by atoms with Crippen LogP contribution in [0.4, 0.5) is 0 Å². The van der Waals surface area contributed by atoms with E-state index in [2.05, 4.69) is 30.6 Å². The number of hydrogen-bond acceptors (Lipinski definition) is 9. The molecule has 4 N–H and O–H groups in total. The van der Waals surface area contributed by atoms with E-state index < -0.39 is 17.9 Å². The summed E-state index contributed by atoms with van der Waals surface area (Å²) in [4.78, 5) is 41.6. The molecule has 1 aliphatic heterocycles. The van der Waals surface area contributed by atoms with Gasteiger partial charge in [0.1, 0.15) is 17.6 Å². The van der Waals surface area contributed by atoms with Gasteiger partial charge >= 0.3 is 5.97 Å². The third-order valence-corrected chi connectivity index (χ3v) is 6.30. The van der Waals surface area contributed by atoms with Crippen molar-refractivity contribution in [2.45, 2.75) is 18.5 Å². The number of nitrogens with zero attached hydrogens (tertiary/aromatic N) is 3. The average Bonchev–Trinajstić information content (AvgIpc) is 3.62. The number of aromatic hydroxyl groups is 1. The van der Waals surface area contributed by atoms with Gasteiger partial charge in [0.05, 0.1) is 43.2 Å². The lowest BCUT2D eigenvalue weighted by Crippen LogP contribution is -2.43. The number of phenols is 1. The van der Waals surface area contributed by atoms with Gasteiger partial charge in [0.2, 0.25) is 5.88 Å². The summed E-state index contributed by atoms with van der Waals surface area (Å²) in [5.41, 5.74) is 3.58. The van der Waals surface area contributed by atoms with Gasteiger partial charge in [-0.15, -0.1) is 0 Å². The highest BCUT2D eigenvalue weighted by atomic mass is 16.5. The molecule has 0 saturated heterocycles. The van der Waals surface area contributed by atoms with Gasteiger partial charge in [-0.25, -0.2) is 14.8 Å². The predicted molar refractivity (Wildman–Crippen MR) is 141 cm³/mol. The molecule has 0 spiro atoms. The summed E-state index contributed by atoms with van der Waals surface area (Å²) in [5, 5.41) is 16.3. The highest BCUT2D eigenvalue weighted by Gasteiger charge is 2.27. The fourth-order valence-electron chi connectivity index (χ4n) is 4.36. The first-order valence-corrected chi connectivity index (χ1v) is 11.9. The second-order valence-electron chi connectivity index (χ2n) is 8.73. The standard InChI is InChI=1S/C27H26N6O5/c1-37-26-18(4-3-9-29-26)15-6-8-23(34)19(10-15)24-31-20-7-5-16(11-21(20)32-24)25(35)33-22(27(36)38-2)12-17-13-28-14-30-17/h3-11,14,17,22,34H,12-13H2,1-2H3,(H,28,30)(H,31,32)(H,33,35)/t17?,22-/m0/s1. The van der Waals surface area contributed by atoms with Crippen LogP contribution in [-0.4, -0.2) is 71.1 Å². The van der Waals surface area contributed by atoms with Gasteiger partial charge in [-0.3, -0.25) is 9.79 Å². The minimum Gasteiger partial charge on any atom is -0.507 e. The Kier molecular flexibility index (Phi) is 6.90. The molecule has 0 bridgehead atoms. The summed E-state index contributed by atoms with van der Waals surface area (Å²) in [7, 11) is 2.83. The number of fused-ring (bicyclic) bond motifs is 1. The minimum absolute atomic E-state index is 0.0404. The maximum absolute atomic E-state index is 13.0. The first-order valence-electron chi connectivity index (χ1n) is 11.9. The number of aliphatic imine (C=N–C) groups is 1. The Morgan fingerprint density at radius 1 is 1.16 bits per heavy atom. The number of phenolic OH excluding ortho intramolecular Hbond substituents is 1. The number of aromatic amines is 1. The maximum atomic E-state index is 13.0. The van der Waals surface area contributed by atoms with Crippen molar-refractivity contribution in [1.82, 2.24) is 25.6 Å². The molecule has 3 heterocycles. The lowest BCUT2D eigenvalue weighted by molar-refractivity contribution is -0.143. The van der Waals surface area contributed by atoms with Crippen LogP contribution in [0.25, 0.3) is 33.5 Å². The van der Waals surface area contributed by atoms with E-state index in [-0.39, 0.29) is 11.8 Å². The van der Waals surface area contributed by atoms with Crippen molar-refractivity contribution < 1.29 is 24.2 Å². The molecule has 2 atom stereocenters. The Bertz CT molecular complexity index is 1530. The highest BCUT2D eigenvalue weighted by molar-refractivity contribution is 5.99. The lowest BCUT2D eigenvalue weighted by atomic mass is 10.0. The van der Waals surface area contributed by atoms with Gasteiger partial charge in [-0.2, -0.15) is 0 Å². The van der Waals surface area contributed by atoms with E-state index in [1.165, 1.54) is 7.11 Å². The summed E-state index contributed by atoms with van der Waals surface area (Å²) < 4.78 is 10.2. The molecule has 4 aromatic rings. The molecule has 194 valence electrons. The summed E-state index contributed by atoms with van der Waals surface area (Å²) in [5.74, 6) is -0.0315. The van der Waals surface area contributed by atoms with Crippen LogP contribution in [0.1, 0.15) is 16.8 Å². The van der Waals surface area contributed by atoms with E-state index in [1.807, 2.05) is 6.07 Å². The van der Waals surface area contributed by atoms with E-state index in [0.717, 1.165) is 11.1 Å². The van der Waals surface area contributed by atoms with Crippen LogP contribution >= 0.6 is 0 Å². The van der Waals surface area contributed by atoms with Gasteiger partial charge < -0.3 is 30.2 Å². The van der Waals surface area contributed by atoms with Crippen LogP contribution in [-0.2, 0) is 9.53 Å². The zero-order valence-corrected chi connectivity index (χ0v) is 20.8. The van der Waals surface area contributed by atoms with Crippen LogP contribution in [0.3, 0.4) is 0 Å². The maximum Gasteiger partial charge on any atom is 0.328 e. The summed E-state index contributed by atoms with van der Waals surface area (Å²) in [6.45, 7) is 0.591. The number of benzene rings is 2. The van der Waals surface area contributed by atoms with E-state index >= 15 is 0 Å². The summed E-state index contributed by atoms with van der Waals surface area (Å²) in [6.07, 6.45) is 3.55. The second kappa shape index (κ2) is 10.6. The van der Waals surface area contributed by atoms with Crippen molar-refractivity contribution in [3.05, 3.63) is 60.3 Å². The van der Waals surface area contributed by atoms with Gasteiger partial charge in [0.15, 0.2) is 0 Å². The number of pyridine rings is 1. The van der Waals surface area contributed by atoms with Crippen LogP contribution < -0.4 is 15.4 Å². The molecule has 1 aliphatic rings. The smallest absolute Gasteiger partial charge is 0.328 e. The van der Waals surface area contributed by atoms with Crippen molar-refractivity contribution in [1.29, 1.82) is 0 Å². The van der Waals surface area contributed by atoms with Gasteiger partial charge in [0, 0.05) is 30.3 Å². The number of ether oxygens (including phenoxy) is 2. The predicted octanol–water partition coefficient (Wildman–Crippen LogP) is 2.67. The molecule has 0 radical (unpaired) electrons. The van der Waals surface area contributed by atoms with Crippen molar-refractivity contribution in [3.63, 3.8) is 0 Å². The van der Waals surface area contributed by atoms with Gasteiger partial charge in [-0.1, -0.05) is 6.07 Å². The SMILES string of the molecule is COC(=O)[C@H](CC1CNC=N1)NC(=O)c1ccc2nc(-c3cc(-c4cccnc4OC)ccc3O)[nH]c2c1. The number of H-pyrrole nitrogens is 1. The minimum atomic E-state index is -0.841. The normalized spacial score (nSPS) is 15.2. The van der Waals surface area contributed by atoms with Crippen LogP contribution in [0, 0.1) is 0 Å². The number of esters is 1. The van der Waals surface area contributed by atoms with E-state index in [0.29, 0.717) is 46.8 Å². The molecule has 0 aliphatic carbocycles. The van der Waals surface area contributed by atoms with E-state index in [4.69, 9.17) is 9.47 Å². The van der Waals surface area contributed by atoms with Crippen LogP contribution in [0.5, 0.6) is 11.6 Å². The quantitative estimate of drug-likeness (QED) is 0.262. The number of methoxy groups -OCH3 is 2. The number of hydrogen-bond donors (Lipinski definition) is 4. The number of carbonyl (C=O) groups excluding carboxylic acids is 2. The van der Waals surface area contributed by atoms with Crippen molar-refractivity contribution >= 4 is 29.2 Å². The molecule has 2 aromatic heterocycles. The Morgan fingerprint density at radius 3 is 2.79 bits per heavy atom. The Labute approximate surface area is 217 Å². The third kappa shape index (κ3) is 4.99. The highest BCUT2D eigenvalue weighted by Crippen LogP contribution is 2.35. The average molecular weight is 515 g/mol.